The van der Waals surface area contributed by atoms with Crippen LogP contribution < -0.4 is 5.32 Å². The van der Waals surface area contributed by atoms with Crippen LogP contribution in [0.3, 0.4) is 0 Å². The zero-order chi connectivity index (χ0) is 14.0. The van der Waals surface area contributed by atoms with Gasteiger partial charge in [-0.25, -0.2) is 4.98 Å². The summed E-state index contributed by atoms with van der Waals surface area (Å²) in [5.41, 5.74) is 0.416. The second-order valence-electron chi connectivity index (χ2n) is 4.04. The molecule has 2 aromatic heterocycles. The molecule has 1 N–H and O–H groups in total. The predicted molar refractivity (Wildman–Crippen MR) is 71.5 cm³/mol. The van der Waals surface area contributed by atoms with Crippen molar-refractivity contribution < 1.29 is 13.2 Å². The van der Waals surface area contributed by atoms with Gasteiger partial charge in [0.05, 0.1) is 11.3 Å². The van der Waals surface area contributed by atoms with Crippen molar-refractivity contribution in [3.05, 3.63) is 34.0 Å². The summed E-state index contributed by atoms with van der Waals surface area (Å²) in [5.74, 6) is 0.248. The number of halogens is 3. The van der Waals surface area contributed by atoms with Crippen LogP contribution in [0.1, 0.15) is 17.4 Å². The molecule has 0 aliphatic carbocycles. The number of rotatable bonds is 3. The Morgan fingerprint density at radius 1 is 1.32 bits per heavy atom. The molecule has 102 valence electrons. The Morgan fingerprint density at radius 3 is 2.58 bits per heavy atom. The SMILES string of the molecule is CCNc1cc(C(F)(F)F)cc(-c2ccsc2C)n1. The van der Waals surface area contributed by atoms with Gasteiger partial charge in [0.15, 0.2) is 0 Å². The Balaban J connectivity index is 2.55. The fraction of sp³-hybridized carbons (Fsp3) is 0.308. The van der Waals surface area contributed by atoms with E-state index in [-0.39, 0.29) is 5.82 Å². The highest BCUT2D eigenvalue weighted by atomic mass is 32.1. The molecule has 2 rings (SSSR count). The van der Waals surface area contributed by atoms with Gasteiger partial charge >= 0.3 is 6.18 Å². The first kappa shape index (κ1) is 13.9. The van der Waals surface area contributed by atoms with E-state index in [1.165, 1.54) is 11.3 Å². The summed E-state index contributed by atoms with van der Waals surface area (Å²) in [6, 6.07) is 3.92. The van der Waals surface area contributed by atoms with Gasteiger partial charge in [-0.05, 0) is 37.4 Å². The van der Waals surface area contributed by atoms with E-state index < -0.39 is 11.7 Å². The highest BCUT2D eigenvalue weighted by Crippen LogP contribution is 2.34. The molecule has 0 unspecified atom stereocenters. The van der Waals surface area contributed by atoms with Crippen molar-refractivity contribution >= 4 is 17.2 Å². The molecular formula is C13H13F3N2S. The van der Waals surface area contributed by atoms with Crippen molar-refractivity contribution in [2.75, 3.05) is 11.9 Å². The van der Waals surface area contributed by atoms with Gasteiger partial charge < -0.3 is 5.32 Å². The number of aromatic nitrogens is 1. The molecule has 0 spiro atoms. The minimum atomic E-state index is -4.37. The number of anilines is 1. The minimum absolute atomic E-state index is 0.248. The molecule has 2 nitrogen and oxygen atoms in total. The van der Waals surface area contributed by atoms with Crippen molar-refractivity contribution in [1.82, 2.24) is 4.98 Å². The molecule has 0 aromatic carbocycles. The maximum absolute atomic E-state index is 12.9. The van der Waals surface area contributed by atoms with Crippen LogP contribution in [0.4, 0.5) is 19.0 Å². The van der Waals surface area contributed by atoms with E-state index in [0.29, 0.717) is 12.2 Å². The Labute approximate surface area is 113 Å². The summed E-state index contributed by atoms with van der Waals surface area (Å²) in [5, 5.41) is 4.68. The quantitative estimate of drug-likeness (QED) is 0.894. The molecule has 6 heteroatoms. The Hall–Kier alpha value is -1.56. The molecule has 0 saturated heterocycles. The van der Waals surface area contributed by atoms with Gasteiger partial charge in [0.1, 0.15) is 5.82 Å². The first-order chi connectivity index (χ1) is 8.91. The maximum Gasteiger partial charge on any atom is 0.416 e. The number of aryl methyl sites for hydroxylation is 1. The number of hydrogen-bond acceptors (Lipinski definition) is 3. The van der Waals surface area contributed by atoms with Crippen molar-refractivity contribution in [3.8, 4) is 11.3 Å². The molecule has 2 heterocycles. The predicted octanol–water partition coefficient (Wildman–Crippen LogP) is 4.57. The third kappa shape index (κ3) is 3.07. The molecule has 0 radical (unpaired) electrons. The molecule has 0 bridgehead atoms. The van der Waals surface area contributed by atoms with E-state index in [9.17, 15) is 13.2 Å². The van der Waals surface area contributed by atoms with Crippen LogP contribution in [-0.4, -0.2) is 11.5 Å². The zero-order valence-electron chi connectivity index (χ0n) is 10.5. The van der Waals surface area contributed by atoms with Crippen molar-refractivity contribution in [2.24, 2.45) is 0 Å². The monoisotopic (exact) mass is 286 g/mol. The van der Waals surface area contributed by atoms with E-state index in [1.807, 2.05) is 19.2 Å². The van der Waals surface area contributed by atoms with Crippen LogP contribution in [0.2, 0.25) is 0 Å². The van der Waals surface area contributed by atoms with Crippen LogP contribution in [0.15, 0.2) is 23.6 Å². The van der Waals surface area contributed by atoms with Crippen LogP contribution in [0.5, 0.6) is 0 Å². The van der Waals surface area contributed by atoms with E-state index in [4.69, 9.17) is 0 Å². The van der Waals surface area contributed by atoms with Crippen molar-refractivity contribution in [2.45, 2.75) is 20.0 Å². The first-order valence-electron chi connectivity index (χ1n) is 5.79. The normalized spacial score (nSPS) is 11.6. The number of thiophene rings is 1. The van der Waals surface area contributed by atoms with Crippen LogP contribution in [0.25, 0.3) is 11.3 Å². The highest BCUT2D eigenvalue weighted by molar-refractivity contribution is 7.10. The lowest BCUT2D eigenvalue weighted by Gasteiger charge is -2.12. The van der Waals surface area contributed by atoms with Gasteiger partial charge in [-0.3, -0.25) is 0 Å². The molecule has 0 amide bonds. The maximum atomic E-state index is 12.9. The lowest BCUT2D eigenvalue weighted by molar-refractivity contribution is -0.137. The largest absolute Gasteiger partial charge is 0.416 e. The highest BCUT2D eigenvalue weighted by Gasteiger charge is 2.31. The van der Waals surface area contributed by atoms with Crippen LogP contribution in [0, 0.1) is 6.92 Å². The topological polar surface area (TPSA) is 24.9 Å². The van der Waals surface area contributed by atoms with Crippen molar-refractivity contribution in [1.29, 1.82) is 0 Å². The van der Waals surface area contributed by atoms with E-state index in [1.54, 1.807) is 6.07 Å². The number of pyridine rings is 1. The fourth-order valence-corrected chi connectivity index (χ4v) is 2.46. The summed E-state index contributed by atoms with van der Waals surface area (Å²) >= 11 is 1.49. The summed E-state index contributed by atoms with van der Waals surface area (Å²) in [7, 11) is 0. The number of nitrogens with one attached hydrogen (secondary N) is 1. The third-order valence-corrected chi connectivity index (χ3v) is 3.49. The Kier molecular flexibility index (Phi) is 3.80. The zero-order valence-corrected chi connectivity index (χ0v) is 11.3. The van der Waals surface area contributed by atoms with E-state index >= 15 is 0 Å². The van der Waals surface area contributed by atoms with E-state index in [0.717, 1.165) is 22.6 Å². The smallest absolute Gasteiger partial charge is 0.370 e. The van der Waals surface area contributed by atoms with Gasteiger partial charge in [-0.1, -0.05) is 0 Å². The van der Waals surface area contributed by atoms with Gasteiger partial charge in [0.2, 0.25) is 0 Å². The second kappa shape index (κ2) is 5.21. The summed E-state index contributed by atoms with van der Waals surface area (Å²) in [6.45, 7) is 4.21. The minimum Gasteiger partial charge on any atom is -0.370 e. The number of nitrogens with zero attached hydrogens (tertiary/aromatic N) is 1. The molecule has 0 saturated carbocycles. The molecule has 19 heavy (non-hydrogen) atoms. The summed E-state index contributed by atoms with van der Waals surface area (Å²) in [4.78, 5) is 5.19. The molecule has 0 fully saturated rings. The van der Waals surface area contributed by atoms with Gasteiger partial charge in [-0.2, -0.15) is 13.2 Å². The standard InChI is InChI=1S/C13H13F3N2S/c1-3-17-12-7-9(13(14,15)16)6-11(18-12)10-4-5-19-8(10)2/h4-7H,3H2,1-2H3,(H,17,18). The van der Waals surface area contributed by atoms with Crippen LogP contribution >= 0.6 is 11.3 Å². The second-order valence-corrected chi connectivity index (χ2v) is 5.17. The third-order valence-electron chi connectivity index (χ3n) is 2.65. The van der Waals surface area contributed by atoms with Crippen molar-refractivity contribution in [3.63, 3.8) is 0 Å². The van der Waals surface area contributed by atoms with E-state index in [2.05, 4.69) is 10.3 Å². The molecule has 0 aliphatic heterocycles. The average Bonchev–Trinajstić information content (AvgIpc) is 2.74. The molecular weight excluding hydrogens is 273 g/mol. The number of hydrogen-bond donors (Lipinski definition) is 1. The Morgan fingerprint density at radius 2 is 2.05 bits per heavy atom. The van der Waals surface area contributed by atoms with Gasteiger partial charge in [0.25, 0.3) is 0 Å². The molecule has 0 aliphatic rings. The first-order valence-corrected chi connectivity index (χ1v) is 6.67. The molecule has 2 aromatic rings. The Bertz CT molecular complexity index is 576. The van der Waals surface area contributed by atoms with Gasteiger partial charge in [0, 0.05) is 17.0 Å². The molecule has 0 atom stereocenters. The summed E-state index contributed by atoms with van der Waals surface area (Å²) < 4.78 is 38.6. The van der Waals surface area contributed by atoms with Gasteiger partial charge in [-0.15, -0.1) is 11.3 Å². The average molecular weight is 286 g/mol. The number of alkyl halides is 3. The lowest BCUT2D eigenvalue weighted by atomic mass is 10.1. The fourth-order valence-electron chi connectivity index (χ4n) is 1.75. The summed E-state index contributed by atoms with van der Waals surface area (Å²) in [6.07, 6.45) is -4.37. The van der Waals surface area contributed by atoms with Crippen LogP contribution in [-0.2, 0) is 6.18 Å². The lowest BCUT2D eigenvalue weighted by Crippen LogP contribution is -2.08.